The molecule has 0 spiro atoms. The number of ether oxygens (including phenoxy) is 1. The molecule has 0 amide bonds. The van der Waals surface area contributed by atoms with Crippen LogP contribution in [0.2, 0.25) is 0 Å². The highest BCUT2D eigenvalue weighted by molar-refractivity contribution is 5.62. The first-order valence-corrected chi connectivity index (χ1v) is 13.5. The summed E-state index contributed by atoms with van der Waals surface area (Å²) in [7, 11) is 2.04. The van der Waals surface area contributed by atoms with E-state index in [1.807, 2.05) is 20.9 Å². The number of halogens is 4. The van der Waals surface area contributed by atoms with Gasteiger partial charge in [-0.15, -0.1) is 0 Å². The summed E-state index contributed by atoms with van der Waals surface area (Å²) in [5.74, 6) is 0.260. The van der Waals surface area contributed by atoms with E-state index in [9.17, 15) is 13.2 Å². The van der Waals surface area contributed by atoms with E-state index < -0.39 is 17.6 Å². The van der Waals surface area contributed by atoms with Gasteiger partial charge in [0.15, 0.2) is 5.82 Å². The summed E-state index contributed by atoms with van der Waals surface area (Å²) in [6.07, 6.45) is 3.14. The van der Waals surface area contributed by atoms with Crippen LogP contribution in [0.15, 0.2) is 30.6 Å². The van der Waals surface area contributed by atoms with Crippen molar-refractivity contribution in [3.63, 3.8) is 0 Å². The molecule has 1 aromatic carbocycles. The predicted octanol–water partition coefficient (Wildman–Crippen LogP) is 6.65. The lowest BCUT2D eigenvalue weighted by Gasteiger charge is -2.19. The number of likely N-dealkylation sites (tertiary alicyclic amines) is 1. The zero-order valence-electron chi connectivity index (χ0n) is 22.9. The van der Waals surface area contributed by atoms with Crippen LogP contribution in [0, 0.1) is 12.7 Å². The SMILES string of the molecule is CCCC(CCC)Nc1ncc(C(F)(F)F)c(-c2cn(-c3ccc(OC[C@@H]4CCCN4C)cc3F)c(C)n2)n1. The molecule has 1 atom stereocenters. The smallest absolute Gasteiger partial charge is 0.420 e. The molecule has 0 aliphatic carbocycles. The lowest BCUT2D eigenvalue weighted by Crippen LogP contribution is -2.30. The molecule has 2 aromatic heterocycles. The van der Waals surface area contributed by atoms with Crippen LogP contribution in [0.3, 0.4) is 0 Å². The molecule has 4 rings (SSSR count). The number of hydrogen-bond acceptors (Lipinski definition) is 6. The molecule has 1 aliphatic rings. The second-order valence-electron chi connectivity index (χ2n) is 10.1. The van der Waals surface area contributed by atoms with Crippen LogP contribution in [-0.2, 0) is 6.18 Å². The Morgan fingerprint density at radius 3 is 2.51 bits per heavy atom. The van der Waals surface area contributed by atoms with Crippen LogP contribution in [0.1, 0.15) is 63.8 Å². The number of nitrogens with one attached hydrogen (secondary N) is 1. The average molecular weight is 549 g/mol. The molecule has 1 aliphatic heterocycles. The van der Waals surface area contributed by atoms with Gasteiger partial charge in [-0.25, -0.2) is 19.3 Å². The minimum atomic E-state index is -4.69. The lowest BCUT2D eigenvalue weighted by atomic mass is 10.1. The topological polar surface area (TPSA) is 68.1 Å². The van der Waals surface area contributed by atoms with E-state index in [2.05, 4.69) is 25.2 Å². The van der Waals surface area contributed by atoms with Gasteiger partial charge in [0, 0.05) is 30.5 Å². The van der Waals surface area contributed by atoms with Crippen molar-refractivity contribution >= 4 is 5.95 Å². The molecule has 39 heavy (non-hydrogen) atoms. The predicted molar refractivity (Wildman–Crippen MR) is 143 cm³/mol. The fourth-order valence-electron chi connectivity index (χ4n) is 5.01. The van der Waals surface area contributed by atoms with Crippen LogP contribution in [-0.4, -0.2) is 56.7 Å². The third-order valence-electron chi connectivity index (χ3n) is 7.12. The van der Waals surface area contributed by atoms with Gasteiger partial charge >= 0.3 is 6.18 Å². The number of alkyl halides is 3. The van der Waals surface area contributed by atoms with Gasteiger partial charge in [-0.3, -0.25) is 0 Å². The summed E-state index contributed by atoms with van der Waals surface area (Å²) in [6, 6.07) is 4.83. The molecular weight excluding hydrogens is 512 g/mol. The fraction of sp³-hybridized carbons (Fsp3) is 0.536. The summed E-state index contributed by atoms with van der Waals surface area (Å²) in [4.78, 5) is 14.7. The van der Waals surface area contributed by atoms with E-state index in [0.29, 0.717) is 24.2 Å². The van der Waals surface area contributed by atoms with E-state index in [1.165, 1.54) is 16.8 Å². The maximum Gasteiger partial charge on any atom is 0.420 e. The summed E-state index contributed by atoms with van der Waals surface area (Å²) in [5.41, 5.74) is -1.21. The van der Waals surface area contributed by atoms with E-state index in [4.69, 9.17) is 4.74 Å². The first-order chi connectivity index (χ1) is 18.6. The number of rotatable bonds is 11. The van der Waals surface area contributed by atoms with Gasteiger partial charge in [0.2, 0.25) is 5.95 Å². The van der Waals surface area contributed by atoms with Crippen molar-refractivity contribution in [1.82, 2.24) is 24.4 Å². The number of benzene rings is 1. The fourth-order valence-corrected chi connectivity index (χ4v) is 5.01. The summed E-state index contributed by atoms with van der Waals surface area (Å²) in [5, 5.41) is 3.17. The van der Waals surface area contributed by atoms with Crippen LogP contribution in [0.5, 0.6) is 5.75 Å². The van der Waals surface area contributed by atoms with E-state index >= 15 is 4.39 Å². The summed E-state index contributed by atoms with van der Waals surface area (Å²) in [6.45, 7) is 7.18. The number of aryl methyl sites for hydroxylation is 1. The van der Waals surface area contributed by atoms with Crippen molar-refractivity contribution in [2.75, 3.05) is 25.5 Å². The Balaban J connectivity index is 1.62. The highest BCUT2D eigenvalue weighted by Gasteiger charge is 2.36. The minimum Gasteiger partial charge on any atom is -0.492 e. The average Bonchev–Trinajstić information content (AvgIpc) is 3.47. The molecule has 1 fully saturated rings. The van der Waals surface area contributed by atoms with Crippen LogP contribution < -0.4 is 10.1 Å². The van der Waals surface area contributed by atoms with Crippen molar-refractivity contribution in [3.05, 3.63) is 47.8 Å². The number of likely N-dealkylation sites (N-methyl/N-ethyl adjacent to an activating group) is 1. The largest absolute Gasteiger partial charge is 0.492 e. The summed E-state index contributed by atoms with van der Waals surface area (Å²) >= 11 is 0. The number of aromatic nitrogens is 4. The quantitative estimate of drug-likeness (QED) is 0.271. The second-order valence-corrected chi connectivity index (χ2v) is 10.1. The molecule has 1 N–H and O–H groups in total. The normalized spacial score (nSPS) is 16.3. The molecule has 0 unspecified atom stereocenters. The number of anilines is 1. The second kappa shape index (κ2) is 12.3. The Morgan fingerprint density at radius 2 is 1.90 bits per heavy atom. The Hall–Kier alpha value is -3.21. The summed E-state index contributed by atoms with van der Waals surface area (Å²) < 4.78 is 64.1. The first-order valence-electron chi connectivity index (χ1n) is 13.5. The third-order valence-corrected chi connectivity index (χ3v) is 7.12. The Bertz CT molecular complexity index is 1260. The molecule has 11 heteroatoms. The Labute approximate surface area is 226 Å². The highest BCUT2D eigenvalue weighted by atomic mass is 19.4. The zero-order chi connectivity index (χ0) is 28.2. The van der Waals surface area contributed by atoms with Gasteiger partial charge in [-0.05, 0) is 58.3 Å². The molecule has 212 valence electrons. The van der Waals surface area contributed by atoms with Crippen molar-refractivity contribution in [1.29, 1.82) is 0 Å². The molecule has 7 nitrogen and oxygen atoms in total. The lowest BCUT2D eigenvalue weighted by molar-refractivity contribution is -0.137. The van der Waals surface area contributed by atoms with Crippen LogP contribution >= 0.6 is 0 Å². The number of imidazole rings is 1. The van der Waals surface area contributed by atoms with Gasteiger partial charge < -0.3 is 19.5 Å². The van der Waals surface area contributed by atoms with E-state index in [-0.39, 0.29) is 29.1 Å². The first kappa shape index (κ1) is 28.8. The van der Waals surface area contributed by atoms with Crippen LogP contribution in [0.25, 0.3) is 17.1 Å². The van der Waals surface area contributed by atoms with Crippen molar-refractivity contribution < 1.29 is 22.3 Å². The molecular formula is C28H36F4N6O. The maximum atomic E-state index is 15.2. The molecule has 0 radical (unpaired) electrons. The molecule has 0 bridgehead atoms. The third kappa shape index (κ3) is 6.87. The molecule has 3 heterocycles. The van der Waals surface area contributed by atoms with Gasteiger partial charge in [0.25, 0.3) is 0 Å². The standard InChI is InChI=1S/C28H36F4N6O/c1-5-8-19(9-6-2)35-27-33-15-22(28(30,31)32)26(36-27)24-16-38(18(3)34-24)25-12-11-21(14-23(25)29)39-17-20-10-7-13-37(20)4/h11-12,14-16,19-20H,5-10,13,17H2,1-4H3,(H,33,35,36)/t20-/m0/s1. The van der Waals surface area contributed by atoms with Gasteiger partial charge in [-0.2, -0.15) is 13.2 Å². The van der Waals surface area contributed by atoms with Crippen molar-refractivity contribution in [2.24, 2.45) is 0 Å². The Kier molecular flexibility index (Phi) is 9.09. The van der Waals surface area contributed by atoms with Gasteiger partial charge in [-0.1, -0.05) is 26.7 Å². The Morgan fingerprint density at radius 1 is 1.15 bits per heavy atom. The highest BCUT2D eigenvalue weighted by Crippen LogP contribution is 2.36. The number of nitrogens with zero attached hydrogens (tertiary/aromatic N) is 5. The van der Waals surface area contributed by atoms with E-state index in [1.54, 1.807) is 19.1 Å². The molecule has 0 saturated carbocycles. The molecule has 1 saturated heterocycles. The zero-order valence-corrected chi connectivity index (χ0v) is 22.9. The monoisotopic (exact) mass is 548 g/mol. The van der Waals surface area contributed by atoms with Gasteiger partial charge in [0.05, 0.1) is 5.69 Å². The van der Waals surface area contributed by atoms with Crippen LogP contribution in [0.4, 0.5) is 23.5 Å². The van der Waals surface area contributed by atoms with E-state index in [0.717, 1.165) is 51.3 Å². The van der Waals surface area contributed by atoms with Crippen molar-refractivity contribution in [2.45, 2.75) is 77.6 Å². The molecule has 3 aromatic rings. The minimum absolute atomic E-state index is 0.0168. The number of hydrogen-bond donors (Lipinski definition) is 1. The van der Waals surface area contributed by atoms with Crippen molar-refractivity contribution in [3.8, 4) is 22.8 Å². The maximum absolute atomic E-state index is 15.2. The van der Waals surface area contributed by atoms with Gasteiger partial charge in [0.1, 0.15) is 35.1 Å².